The van der Waals surface area contributed by atoms with E-state index >= 15 is 0 Å². The molecule has 1 unspecified atom stereocenters. The zero-order chi connectivity index (χ0) is 14.5. The first-order chi connectivity index (χ1) is 9.63. The third-order valence-corrected chi connectivity index (χ3v) is 3.79. The highest BCUT2D eigenvalue weighted by atomic mass is 16.3. The standard InChI is InChI=1S/C15H18N2O3/c16-9-11(10-5-2-1-3-6-10)17-15(20)14-12(18)7-4-8-13(14)19/h4,7-8,10-11,18-19H,1-3,5-6H2,(H,17,20). The first-order valence-corrected chi connectivity index (χ1v) is 6.85. The molecule has 3 N–H and O–H groups in total. The van der Waals surface area contributed by atoms with E-state index in [-0.39, 0.29) is 23.0 Å². The summed E-state index contributed by atoms with van der Waals surface area (Å²) in [6.45, 7) is 0. The molecule has 0 heterocycles. The molecule has 1 atom stereocenters. The number of benzene rings is 1. The van der Waals surface area contributed by atoms with Crippen LogP contribution in [0.4, 0.5) is 0 Å². The molecule has 1 amide bonds. The minimum absolute atomic E-state index is 0.144. The molecule has 5 heteroatoms. The average molecular weight is 274 g/mol. The third kappa shape index (κ3) is 3.02. The molecule has 1 aromatic rings. The Morgan fingerprint density at radius 3 is 2.40 bits per heavy atom. The van der Waals surface area contributed by atoms with Gasteiger partial charge in [0.2, 0.25) is 0 Å². The van der Waals surface area contributed by atoms with Crippen LogP contribution in [0.5, 0.6) is 11.5 Å². The maximum Gasteiger partial charge on any atom is 0.259 e. The van der Waals surface area contributed by atoms with Gasteiger partial charge in [-0.3, -0.25) is 4.79 Å². The van der Waals surface area contributed by atoms with Crippen LogP contribution in [0.3, 0.4) is 0 Å². The van der Waals surface area contributed by atoms with Crippen LogP contribution in [0, 0.1) is 17.2 Å². The van der Waals surface area contributed by atoms with Gasteiger partial charge in [-0.1, -0.05) is 25.3 Å². The molecule has 0 aromatic heterocycles. The molecule has 5 nitrogen and oxygen atoms in total. The first-order valence-electron chi connectivity index (χ1n) is 6.85. The van der Waals surface area contributed by atoms with Crippen LogP contribution in [0.1, 0.15) is 42.5 Å². The highest BCUT2D eigenvalue weighted by molar-refractivity contribution is 5.99. The van der Waals surface area contributed by atoms with Crippen molar-refractivity contribution in [2.75, 3.05) is 0 Å². The van der Waals surface area contributed by atoms with Crippen molar-refractivity contribution in [3.8, 4) is 17.6 Å². The van der Waals surface area contributed by atoms with Crippen molar-refractivity contribution in [3.63, 3.8) is 0 Å². The van der Waals surface area contributed by atoms with Gasteiger partial charge in [-0.15, -0.1) is 0 Å². The molecular formula is C15H18N2O3. The summed E-state index contributed by atoms with van der Waals surface area (Å²) in [4.78, 5) is 12.1. The van der Waals surface area contributed by atoms with Crippen molar-refractivity contribution < 1.29 is 15.0 Å². The van der Waals surface area contributed by atoms with Gasteiger partial charge >= 0.3 is 0 Å². The van der Waals surface area contributed by atoms with Gasteiger partial charge in [0.1, 0.15) is 23.1 Å². The second-order valence-electron chi connectivity index (χ2n) is 5.15. The fourth-order valence-electron chi connectivity index (χ4n) is 2.70. The molecule has 0 bridgehead atoms. The first kappa shape index (κ1) is 14.2. The van der Waals surface area contributed by atoms with E-state index in [0.717, 1.165) is 25.7 Å². The van der Waals surface area contributed by atoms with Crippen LogP contribution in [0.15, 0.2) is 18.2 Å². The second kappa shape index (κ2) is 6.29. The Labute approximate surface area is 117 Å². The molecule has 0 spiro atoms. The number of nitrogens with zero attached hydrogens (tertiary/aromatic N) is 1. The number of carbonyl (C=O) groups excluding carboxylic acids is 1. The number of rotatable bonds is 3. The quantitative estimate of drug-likeness (QED) is 0.788. The van der Waals surface area contributed by atoms with E-state index in [4.69, 9.17) is 0 Å². The molecule has 20 heavy (non-hydrogen) atoms. The molecule has 0 radical (unpaired) electrons. The minimum Gasteiger partial charge on any atom is -0.507 e. The number of aromatic hydroxyl groups is 2. The van der Waals surface area contributed by atoms with Crippen molar-refractivity contribution in [2.45, 2.75) is 38.1 Å². The summed E-state index contributed by atoms with van der Waals surface area (Å²) in [6, 6.07) is 5.64. The second-order valence-corrected chi connectivity index (χ2v) is 5.15. The van der Waals surface area contributed by atoms with E-state index in [1.165, 1.54) is 24.6 Å². The van der Waals surface area contributed by atoms with Crippen molar-refractivity contribution in [1.82, 2.24) is 5.32 Å². The lowest BCUT2D eigenvalue weighted by Crippen LogP contribution is -2.40. The number of phenols is 2. The molecule has 1 fully saturated rings. The van der Waals surface area contributed by atoms with Gasteiger partial charge in [0.05, 0.1) is 6.07 Å². The van der Waals surface area contributed by atoms with Crippen molar-refractivity contribution >= 4 is 5.91 Å². The van der Waals surface area contributed by atoms with Crippen LogP contribution in [0.2, 0.25) is 0 Å². The van der Waals surface area contributed by atoms with E-state index in [9.17, 15) is 20.3 Å². The monoisotopic (exact) mass is 274 g/mol. The predicted molar refractivity (Wildman–Crippen MR) is 73.2 cm³/mol. The fraction of sp³-hybridized carbons (Fsp3) is 0.467. The zero-order valence-electron chi connectivity index (χ0n) is 11.2. The predicted octanol–water partition coefficient (Wildman–Crippen LogP) is 2.30. The summed E-state index contributed by atoms with van der Waals surface area (Å²) in [6.07, 6.45) is 5.15. The lowest BCUT2D eigenvalue weighted by Gasteiger charge is -2.26. The van der Waals surface area contributed by atoms with E-state index in [1.807, 2.05) is 0 Å². The summed E-state index contributed by atoms with van der Waals surface area (Å²) in [5, 5.41) is 31.1. The molecule has 1 aromatic carbocycles. The highest BCUT2D eigenvalue weighted by Gasteiger charge is 2.27. The zero-order valence-corrected chi connectivity index (χ0v) is 11.2. The van der Waals surface area contributed by atoms with E-state index in [2.05, 4.69) is 11.4 Å². The molecule has 1 aliphatic rings. The van der Waals surface area contributed by atoms with Gasteiger partial charge in [-0.2, -0.15) is 5.26 Å². The maximum absolute atomic E-state index is 12.1. The molecule has 0 saturated heterocycles. The molecule has 2 rings (SSSR count). The summed E-state index contributed by atoms with van der Waals surface area (Å²) in [5.41, 5.74) is -0.177. The fourth-order valence-corrected chi connectivity index (χ4v) is 2.70. The Morgan fingerprint density at radius 1 is 1.25 bits per heavy atom. The summed E-state index contributed by atoms with van der Waals surface area (Å²) < 4.78 is 0. The Bertz CT molecular complexity index is 510. The number of amides is 1. The van der Waals surface area contributed by atoms with Gasteiger partial charge in [-0.25, -0.2) is 0 Å². The number of hydrogen-bond acceptors (Lipinski definition) is 4. The van der Waals surface area contributed by atoms with Crippen molar-refractivity contribution in [2.24, 2.45) is 5.92 Å². The number of nitriles is 1. The molecule has 1 saturated carbocycles. The van der Waals surface area contributed by atoms with Gasteiger partial charge < -0.3 is 15.5 Å². The Balaban J connectivity index is 2.11. The van der Waals surface area contributed by atoms with Crippen LogP contribution in [-0.2, 0) is 0 Å². The SMILES string of the molecule is N#CC(NC(=O)c1c(O)cccc1O)C1CCCCC1. The Morgan fingerprint density at radius 2 is 1.85 bits per heavy atom. The minimum atomic E-state index is -0.613. The van der Waals surface area contributed by atoms with Gasteiger partial charge in [0, 0.05) is 0 Å². The summed E-state index contributed by atoms with van der Waals surface area (Å²) in [5.74, 6) is -1.05. The van der Waals surface area contributed by atoms with Crippen molar-refractivity contribution in [1.29, 1.82) is 5.26 Å². The lowest BCUT2D eigenvalue weighted by molar-refractivity contribution is 0.0923. The maximum atomic E-state index is 12.1. The van der Waals surface area contributed by atoms with Crippen LogP contribution in [-0.4, -0.2) is 22.2 Å². The molecule has 0 aliphatic heterocycles. The number of phenolic OH excluding ortho intramolecular Hbond substituents is 2. The van der Waals surface area contributed by atoms with Crippen LogP contribution >= 0.6 is 0 Å². The number of carbonyl (C=O) groups is 1. The Kier molecular flexibility index (Phi) is 4.46. The lowest BCUT2D eigenvalue weighted by atomic mass is 9.84. The van der Waals surface area contributed by atoms with Gasteiger partial charge in [0.15, 0.2) is 0 Å². The van der Waals surface area contributed by atoms with Crippen LogP contribution < -0.4 is 5.32 Å². The highest BCUT2D eigenvalue weighted by Crippen LogP contribution is 2.29. The molecule has 1 aliphatic carbocycles. The van der Waals surface area contributed by atoms with Crippen LogP contribution in [0.25, 0.3) is 0 Å². The smallest absolute Gasteiger partial charge is 0.259 e. The summed E-state index contributed by atoms with van der Waals surface area (Å²) in [7, 11) is 0. The molecule has 106 valence electrons. The van der Waals surface area contributed by atoms with E-state index < -0.39 is 11.9 Å². The number of nitrogens with one attached hydrogen (secondary N) is 1. The topological polar surface area (TPSA) is 93.4 Å². The molecular weight excluding hydrogens is 256 g/mol. The summed E-state index contributed by atoms with van der Waals surface area (Å²) >= 11 is 0. The Hall–Kier alpha value is -2.22. The largest absolute Gasteiger partial charge is 0.507 e. The average Bonchev–Trinajstić information content (AvgIpc) is 2.45. The number of hydrogen-bond donors (Lipinski definition) is 3. The van der Waals surface area contributed by atoms with Gasteiger partial charge in [-0.05, 0) is 30.9 Å². The normalized spacial score (nSPS) is 17.1. The third-order valence-electron chi connectivity index (χ3n) is 3.79. The van der Waals surface area contributed by atoms with Crippen molar-refractivity contribution in [3.05, 3.63) is 23.8 Å². The van der Waals surface area contributed by atoms with E-state index in [0.29, 0.717) is 0 Å². The van der Waals surface area contributed by atoms with E-state index in [1.54, 1.807) is 0 Å². The van der Waals surface area contributed by atoms with Gasteiger partial charge in [0.25, 0.3) is 5.91 Å².